The second kappa shape index (κ2) is 5.68. The number of rotatable bonds is 4. The quantitative estimate of drug-likeness (QED) is 0.794. The van der Waals surface area contributed by atoms with Crippen molar-refractivity contribution >= 4 is 0 Å². The van der Waals surface area contributed by atoms with Gasteiger partial charge in [-0.2, -0.15) is 0 Å². The summed E-state index contributed by atoms with van der Waals surface area (Å²) < 4.78 is 11.2. The topological polar surface area (TPSA) is 49.8 Å². The van der Waals surface area contributed by atoms with E-state index in [1.807, 2.05) is 39.8 Å². The third-order valence-electron chi connectivity index (χ3n) is 3.63. The minimum Gasteiger partial charge on any atom is -0.477 e. The first-order valence-electron chi connectivity index (χ1n) is 6.82. The monoisotopic (exact) mass is 281 g/mol. The number of hydrogen-bond donors (Lipinski definition) is 0. The van der Waals surface area contributed by atoms with Gasteiger partial charge in [-0.15, -0.1) is 0 Å². The minimum absolute atomic E-state index is 0.0550. The summed E-state index contributed by atoms with van der Waals surface area (Å²) in [6, 6.07) is 3.84. The first kappa shape index (κ1) is 15.2. The van der Waals surface area contributed by atoms with Crippen LogP contribution in [0.1, 0.15) is 32.8 Å². The SMILES string of the molecule is COC1(C)OOC(C)(C)CC1COc1ccc(C)cn1. The number of aromatic nitrogens is 1. The van der Waals surface area contributed by atoms with Crippen molar-refractivity contribution in [3.8, 4) is 5.88 Å². The predicted molar refractivity (Wildman–Crippen MR) is 74.2 cm³/mol. The summed E-state index contributed by atoms with van der Waals surface area (Å²) in [6.07, 6.45) is 2.57. The normalized spacial score (nSPS) is 29.1. The molecule has 0 N–H and O–H groups in total. The third-order valence-corrected chi connectivity index (χ3v) is 3.63. The minimum atomic E-state index is -0.805. The van der Waals surface area contributed by atoms with Crippen LogP contribution in [0.25, 0.3) is 0 Å². The zero-order chi connectivity index (χ0) is 14.8. The number of methoxy groups -OCH3 is 1. The highest BCUT2D eigenvalue weighted by molar-refractivity contribution is 5.16. The Hall–Kier alpha value is -1.17. The van der Waals surface area contributed by atoms with Crippen LogP contribution in [0.2, 0.25) is 0 Å². The van der Waals surface area contributed by atoms with Crippen LogP contribution in [-0.4, -0.2) is 30.1 Å². The maximum Gasteiger partial charge on any atom is 0.213 e. The largest absolute Gasteiger partial charge is 0.477 e. The Morgan fingerprint density at radius 3 is 2.65 bits per heavy atom. The summed E-state index contributed by atoms with van der Waals surface area (Å²) in [4.78, 5) is 15.0. The smallest absolute Gasteiger partial charge is 0.213 e. The molecule has 2 atom stereocenters. The lowest BCUT2D eigenvalue weighted by Gasteiger charge is -2.44. The predicted octanol–water partition coefficient (Wildman–Crippen LogP) is 2.88. The van der Waals surface area contributed by atoms with Crippen LogP contribution in [0.15, 0.2) is 18.3 Å². The first-order chi connectivity index (χ1) is 9.35. The van der Waals surface area contributed by atoms with Crippen LogP contribution in [0, 0.1) is 12.8 Å². The second-order valence-corrected chi connectivity index (χ2v) is 6.03. The van der Waals surface area contributed by atoms with Crippen LogP contribution in [-0.2, 0) is 14.5 Å². The molecule has 2 unspecified atom stereocenters. The molecule has 5 nitrogen and oxygen atoms in total. The molecule has 1 aromatic rings. The lowest BCUT2D eigenvalue weighted by molar-refractivity contribution is -0.494. The van der Waals surface area contributed by atoms with Crippen molar-refractivity contribution < 1.29 is 19.2 Å². The fraction of sp³-hybridized carbons (Fsp3) is 0.667. The lowest BCUT2D eigenvalue weighted by atomic mass is 9.87. The molecule has 20 heavy (non-hydrogen) atoms. The van der Waals surface area contributed by atoms with Gasteiger partial charge in [0, 0.05) is 19.4 Å². The lowest BCUT2D eigenvalue weighted by Crippen LogP contribution is -2.52. The molecular weight excluding hydrogens is 258 g/mol. The van der Waals surface area contributed by atoms with E-state index in [0.29, 0.717) is 12.5 Å². The summed E-state index contributed by atoms with van der Waals surface area (Å²) in [5.74, 6) is -0.141. The molecule has 0 amide bonds. The second-order valence-electron chi connectivity index (χ2n) is 6.03. The van der Waals surface area contributed by atoms with E-state index in [1.54, 1.807) is 13.3 Å². The zero-order valence-electron chi connectivity index (χ0n) is 12.8. The molecule has 0 spiro atoms. The van der Waals surface area contributed by atoms with Gasteiger partial charge in [-0.25, -0.2) is 14.8 Å². The van der Waals surface area contributed by atoms with Gasteiger partial charge in [-0.1, -0.05) is 6.07 Å². The van der Waals surface area contributed by atoms with Gasteiger partial charge in [-0.05, 0) is 39.7 Å². The summed E-state index contributed by atoms with van der Waals surface area (Å²) in [6.45, 7) is 8.29. The van der Waals surface area contributed by atoms with Crippen LogP contribution in [0.3, 0.4) is 0 Å². The van der Waals surface area contributed by atoms with Gasteiger partial charge in [0.05, 0.1) is 18.1 Å². The van der Waals surface area contributed by atoms with Gasteiger partial charge in [0.25, 0.3) is 0 Å². The van der Waals surface area contributed by atoms with Crippen molar-refractivity contribution in [1.82, 2.24) is 4.98 Å². The molecule has 2 heterocycles. The van der Waals surface area contributed by atoms with Crippen molar-refractivity contribution in [2.75, 3.05) is 13.7 Å². The average molecular weight is 281 g/mol. The molecule has 0 aliphatic carbocycles. The summed E-state index contributed by atoms with van der Waals surface area (Å²) >= 11 is 0. The number of hydrogen-bond acceptors (Lipinski definition) is 5. The number of pyridine rings is 1. The van der Waals surface area contributed by atoms with E-state index >= 15 is 0 Å². The van der Waals surface area contributed by atoms with Crippen molar-refractivity contribution in [2.24, 2.45) is 5.92 Å². The fourth-order valence-corrected chi connectivity index (χ4v) is 2.21. The van der Waals surface area contributed by atoms with E-state index in [9.17, 15) is 0 Å². The maximum absolute atomic E-state index is 5.76. The Morgan fingerprint density at radius 2 is 2.05 bits per heavy atom. The van der Waals surface area contributed by atoms with E-state index in [2.05, 4.69) is 4.98 Å². The van der Waals surface area contributed by atoms with Crippen LogP contribution in [0.4, 0.5) is 0 Å². The molecular formula is C15H23NO4. The molecule has 1 aromatic heterocycles. The average Bonchev–Trinajstić information content (AvgIpc) is 2.42. The summed E-state index contributed by atoms with van der Waals surface area (Å²) in [5, 5.41) is 0. The third kappa shape index (κ3) is 3.48. The van der Waals surface area contributed by atoms with Crippen molar-refractivity contribution in [2.45, 2.75) is 45.5 Å². The van der Waals surface area contributed by atoms with Gasteiger partial charge in [0.1, 0.15) is 0 Å². The summed E-state index contributed by atoms with van der Waals surface area (Å²) in [7, 11) is 1.61. The van der Waals surface area contributed by atoms with Gasteiger partial charge >= 0.3 is 0 Å². The van der Waals surface area contributed by atoms with Crippen LogP contribution >= 0.6 is 0 Å². The molecule has 112 valence electrons. The molecule has 1 aliphatic rings. The van der Waals surface area contributed by atoms with Crippen LogP contribution in [0.5, 0.6) is 5.88 Å². The molecule has 0 saturated carbocycles. The van der Waals surface area contributed by atoms with Crippen molar-refractivity contribution in [1.29, 1.82) is 0 Å². The molecule has 2 rings (SSSR count). The van der Waals surface area contributed by atoms with E-state index in [0.717, 1.165) is 12.0 Å². The summed E-state index contributed by atoms with van der Waals surface area (Å²) in [5.41, 5.74) is 0.752. The highest BCUT2D eigenvalue weighted by atomic mass is 17.2. The number of nitrogens with zero attached hydrogens (tertiary/aromatic N) is 1. The van der Waals surface area contributed by atoms with E-state index in [-0.39, 0.29) is 11.5 Å². The van der Waals surface area contributed by atoms with E-state index in [1.165, 1.54) is 0 Å². The van der Waals surface area contributed by atoms with Gasteiger partial charge < -0.3 is 9.47 Å². The van der Waals surface area contributed by atoms with E-state index < -0.39 is 5.79 Å². The van der Waals surface area contributed by atoms with Gasteiger partial charge in [0.2, 0.25) is 11.7 Å². The number of aryl methyl sites for hydroxylation is 1. The van der Waals surface area contributed by atoms with Crippen molar-refractivity contribution in [3.05, 3.63) is 23.9 Å². The highest BCUT2D eigenvalue weighted by Gasteiger charge is 2.46. The molecule has 1 aliphatic heterocycles. The first-order valence-corrected chi connectivity index (χ1v) is 6.82. The van der Waals surface area contributed by atoms with Crippen LogP contribution < -0.4 is 4.74 Å². The standard InChI is InChI=1S/C15H23NO4/c1-11-6-7-13(16-9-11)18-10-12-8-14(2,3)19-20-15(12,4)17-5/h6-7,9,12H,8,10H2,1-5H3. The van der Waals surface area contributed by atoms with Crippen molar-refractivity contribution in [3.63, 3.8) is 0 Å². The Labute approximate surface area is 120 Å². The maximum atomic E-state index is 5.76. The zero-order valence-corrected chi connectivity index (χ0v) is 12.8. The van der Waals surface area contributed by atoms with Gasteiger partial charge in [-0.3, -0.25) is 0 Å². The van der Waals surface area contributed by atoms with Gasteiger partial charge in [0.15, 0.2) is 0 Å². The Balaban J connectivity index is 2.02. The highest BCUT2D eigenvalue weighted by Crippen LogP contribution is 2.38. The molecule has 1 fully saturated rings. The molecule has 0 aromatic carbocycles. The Bertz CT molecular complexity index is 446. The Morgan fingerprint density at radius 1 is 1.30 bits per heavy atom. The van der Waals surface area contributed by atoms with E-state index in [4.69, 9.17) is 19.2 Å². The molecule has 0 radical (unpaired) electrons. The molecule has 0 bridgehead atoms. The fourth-order valence-electron chi connectivity index (χ4n) is 2.21. The molecule has 5 heteroatoms. The number of ether oxygens (including phenoxy) is 2. The molecule has 1 saturated heterocycles. The Kier molecular flexibility index (Phi) is 4.32.